The second-order valence-electron chi connectivity index (χ2n) is 4.56. The predicted molar refractivity (Wildman–Crippen MR) is 68.3 cm³/mol. The Bertz CT molecular complexity index is 413. The van der Waals surface area contributed by atoms with Gasteiger partial charge in [0.1, 0.15) is 0 Å². The van der Waals surface area contributed by atoms with Crippen molar-refractivity contribution in [3.8, 4) is 0 Å². The Labute approximate surface area is 101 Å². The quantitative estimate of drug-likeness (QED) is 0.694. The number of aliphatic hydroxyl groups excluding tert-OH is 1. The van der Waals surface area contributed by atoms with Crippen LogP contribution in [0.1, 0.15) is 31.5 Å². The molecule has 3 N–H and O–H groups in total. The zero-order valence-corrected chi connectivity index (χ0v) is 10.7. The minimum atomic E-state index is -0.168. The van der Waals surface area contributed by atoms with Crippen LogP contribution in [0.5, 0.6) is 0 Å². The molecule has 0 saturated heterocycles. The van der Waals surface area contributed by atoms with Gasteiger partial charge in [0.15, 0.2) is 0 Å². The van der Waals surface area contributed by atoms with Crippen LogP contribution >= 0.6 is 0 Å². The number of rotatable bonds is 6. The van der Waals surface area contributed by atoms with Crippen molar-refractivity contribution in [2.75, 3.05) is 18.5 Å². The second kappa shape index (κ2) is 6.39. The first-order valence-electron chi connectivity index (χ1n) is 5.99. The average molecular weight is 239 g/mol. The number of aliphatic hydroxyl groups is 1. The molecule has 0 amide bonds. The third-order valence-corrected chi connectivity index (χ3v) is 2.60. The summed E-state index contributed by atoms with van der Waals surface area (Å²) in [5, 5.41) is 11.9. The Hall–Kier alpha value is -1.36. The molecular formula is C12H21N3O2. The van der Waals surface area contributed by atoms with Crippen LogP contribution in [0.15, 0.2) is 4.79 Å². The molecule has 1 heterocycles. The number of anilines is 1. The summed E-state index contributed by atoms with van der Waals surface area (Å²) in [6, 6.07) is 0. The van der Waals surface area contributed by atoms with E-state index in [2.05, 4.69) is 29.1 Å². The number of nitrogens with zero attached hydrogens (tertiary/aromatic N) is 1. The molecule has 0 radical (unpaired) electrons. The van der Waals surface area contributed by atoms with Gasteiger partial charge in [0, 0.05) is 25.1 Å². The van der Waals surface area contributed by atoms with Crippen molar-refractivity contribution in [2.45, 2.75) is 33.6 Å². The largest absolute Gasteiger partial charge is 0.396 e. The molecule has 0 bridgehead atoms. The highest BCUT2D eigenvalue weighted by Gasteiger charge is 2.07. The lowest BCUT2D eigenvalue weighted by atomic mass is 10.1. The van der Waals surface area contributed by atoms with Gasteiger partial charge in [-0.05, 0) is 19.3 Å². The van der Waals surface area contributed by atoms with E-state index in [1.165, 1.54) is 0 Å². The van der Waals surface area contributed by atoms with Gasteiger partial charge in [-0.3, -0.25) is 9.78 Å². The van der Waals surface area contributed by atoms with Crippen LogP contribution in [-0.2, 0) is 6.42 Å². The van der Waals surface area contributed by atoms with Gasteiger partial charge in [0.25, 0.3) is 5.56 Å². The van der Waals surface area contributed by atoms with Crippen LogP contribution in [-0.4, -0.2) is 28.2 Å². The molecule has 5 heteroatoms. The fourth-order valence-electron chi connectivity index (χ4n) is 1.58. The fraction of sp³-hybridized carbons (Fsp3) is 0.667. The number of H-pyrrole nitrogens is 1. The van der Waals surface area contributed by atoms with Crippen molar-refractivity contribution in [1.82, 2.24) is 9.97 Å². The highest BCUT2D eigenvalue weighted by atomic mass is 16.3. The highest BCUT2D eigenvalue weighted by Crippen LogP contribution is 2.04. The van der Waals surface area contributed by atoms with E-state index in [9.17, 15) is 4.79 Å². The molecule has 0 spiro atoms. The van der Waals surface area contributed by atoms with Crippen LogP contribution in [0.4, 0.5) is 5.95 Å². The molecule has 5 nitrogen and oxygen atoms in total. The topological polar surface area (TPSA) is 78.0 Å². The molecule has 0 saturated carbocycles. The van der Waals surface area contributed by atoms with Gasteiger partial charge in [0.2, 0.25) is 5.95 Å². The second-order valence-corrected chi connectivity index (χ2v) is 4.56. The first kappa shape index (κ1) is 13.7. The van der Waals surface area contributed by atoms with Crippen molar-refractivity contribution < 1.29 is 5.11 Å². The normalized spacial score (nSPS) is 10.9. The van der Waals surface area contributed by atoms with E-state index in [4.69, 9.17) is 5.11 Å². The van der Waals surface area contributed by atoms with Gasteiger partial charge in [0.05, 0.1) is 5.69 Å². The van der Waals surface area contributed by atoms with E-state index >= 15 is 0 Å². The number of hydrogen-bond donors (Lipinski definition) is 3. The molecule has 0 unspecified atom stereocenters. The average Bonchev–Trinajstić information content (AvgIpc) is 2.23. The molecule has 1 rings (SSSR count). The van der Waals surface area contributed by atoms with Crippen molar-refractivity contribution in [3.05, 3.63) is 21.6 Å². The third-order valence-electron chi connectivity index (χ3n) is 2.60. The lowest BCUT2D eigenvalue weighted by Crippen LogP contribution is -2.20. The lowest BCUT2D eigenvalue weighted by molar-refractivity contribution is 0.298. The molecule has 0 fully saturated rings. The summed E-state index contributed by atoms with van der Waals surface area (Å²) in [5.74, 6) is 1.12. The zero-order valence-electron chi connectivity index (χ0n) is 10.7. The lowest BCUT2D eigenvalue weighted by Gasteiger charge is -2.09. The maximum absolute atomic E-state index is 11.7. The number of aryl methyl sites for hydroxylation is 1. The molecule has 96 valence electrons. The highest BCUT2D eigenvalue weighted by molar-refractivity contribution is 5.29. The monoisotopic (exact) mass is 239 g/mol. The molecule has 17 heavy (non-hydrogen) atoms. The Kier molecular flexibility index (Phi) is 5.15. The van der Waals surface area contributed by atoms with Crippen LogP contribution < -0.4 is 10.9 Å². The van der Waals surface area contributed by atoms with E-state index < -0.39 is 0 Å². The summed E-state index contributed by atoms with van der Waals surface area (Å²) in [5.41, 5.74) is 1.07. The Morgan fingerprint density at radius 3 is 2.71 bits per heavy atom. The van der Waals surface area contributed by atoms with E-state index in [-0.39, 0.29) is 12.2 Å². The summed E-state index contributed by atoms with van der Waals surface area (Å²) in [6.07, 6.45) is 1.38. The van der Waals surface area contributed by atoms with Gasteiger partial charge >= 0.3 is 0 Å². The summed E-state index contributed by atoms with van der Waals surface area (Å²) in [4.78, 5) is 18.7. The van der Waals surface area contributed by atoms with Crippen LogP contribution in [0, 0.1) is 12.8 Å². The molecule has 1 aromatic heterocycles. The summed E-state index contributed by atoms with van der Waals surface area (Å²) in [6.45, 7) is 6.83. The van der Waals surface area contributed by atoms with Crippen LogP contribution in [0.3, 0.4) is 0 Å². The van der Waals surface area contributed by atoms with Gasteiger partial charge in [-0.2, -0.15) is 0 Å². The van der Waals surface area contributed by atoms with Crippen LogP contribution in [0.25, 0.3) is 0 Å². The fourth-order valence-corrected chi connectivity index (χ4v) is 1.58. The van der Waals surface area contributed by atoms with Crippen molar-refractivity contribution >= 4 is 5.95 Å². The number of hydrogen-bond acceptors (Lipinski definition) is 4. The summed E-state index contributed by atoms with van der Waals surface area (Å²) in [7, 11) is 0. The van der Waals surface area contributed by atoms with Gasteiger partial charge in [-0.1, -0.05) is 13.8 Å². The molecular weight excluding hydrogens is 218 g/mol. The van der Waals surface area contributed by atoms with E-state index in [1.807, 2.05) is 0 Å². The van der Waals surface area contributed by atoms with Crippen molar-refractivity contribution in [1.29, 1.82) is 0 Å². The SMILES string of the molecule is Cc1nc(NCCC(C)C)[nH]c(=O)c1CCO. The number of nitrogens with one attached hydrogen (secondary N) is 2. The Balaban J connectivity index is 2.73. The maximum Gasteiger partial charge on any atom is 0.255 e. The number of aromatic nitrogens is 2. The zero-order chi connectivity index (χ0) is 12.8. The maximum atomic E-state index is 11.7. The van der Waals surface area contributed by atoms with Gasteiger partial charge < -0.3 is 10.4 Å². The van der Waals surface area contributed by atoms with E-state index in [0.717, 1.165) is 13.0 Å². The molecule has 0 aliphatic carbocycles. The Morgan fingerprint density at radius 2 is 2.18 bits per heavy atom. The van der Waals surface area contributed by atoms with Crippen molar-refractivity contribution in [2.24, 2.45) is 5.92 Å². The summed E-state index contributed by atoms with van der Waals surface area (Å²) < 4.78 is 0. The first-order chi connectivity index (χ1) is 8.04. The smallest absolute Gasteiger partial charge is 0.255 e. The minimum Gasteiger partial charge on any atom is -0.396 e. The predicted octanol–water partition coefficient (Wildman–Crippen LogP) is 1.07. The Morgan fingerprint density at radius 1 is 1.47 bits per heavy atom. The van der Waals surface area contributed by atoms with Crippen LogP contribution in [0.2, 0.25) is 0 Å². The first-order valence-corrected chi connectivity index (χ1v) is 5.99. The van der Waals surface area contributed by atoms with Gasteiger partial charge in [-0.15, -0.1) is 0 Å². The van der Waals surface area contributed by atoms with Crippen molar-refractivity contribution in [3.63, 3.8) is 0 Å². The van der Waals surface area contributed by atoms with Gasteiger partial charge in [-0.25, -0.2) is 4.98 Å². The standard InChI is InChI=1S/C12H21N3O2/c1-8(2)4-6-13-12-14-9(3)10(5-7-16)11(17)15-12/h8,16H,4-7H2,1-3H3,(H2,13,14,15,17). The van der Waals surface area contributed by atoms with E-state index in [0.29, 0.717) is 29.5 Å². The molecule has 0 atom stereocenters. The third kappa shape index (κ3) is 4.19. The molecule has 0 aliphatic rings. The number of aromatic amines is 1. The summed E-state index contributed by atoms with van der Waals surface area (Å²) >= 11 is 0. The van der Waals surface area contributed by atoms with E-state index in [1.54, 1.807) is 6.92 Å². The minimum absolute atomic E-state index is 0.0360. The molecule has 1 aromatic rings. The molecule has 0 aromatic carbocycles. The molecule has 0 aliphatic heterocycles.